The predicted molar refractivity (Wildman–Crippen MR) is 67.8 cm³/mol. The monoisotopic (exact) mass is 281 g/mol. The van der Waals surface area contributed by atoms with Gasteiger partial charge in [-0.1, -0.05) is 30.3 Å². The van der Waals surface area contributed by atoms with Gasteiger partial charge in [0.05, 0.1) is 13.5 Å². The van der Waals surface area contributed by atoms with Crippen LogP contribution in [0.2, 0.25) is 0 Å². The number of carboxylic acid groups (broad SMARTS) is 1. The molecule has 20 heavy (non-hydrogen) atoms. The van der Waals surface area contributed by atoms with Crippen molar-refractivity contribution in [2.45, 2.75) is 19.1 Å². The number of alkyl carbamates (subject to hydrolysis) is 1. The van der Waals surface area contributed by atoms with Crippen LogP contribution in [0.1, 0.15) is 12.0 Å². The van der Waals surface area contributed by atoms with Crippen molar-refractivity contribution < 1.29 is 29.0 Å². The molecule has 0 saturated carbocycles. The third kappa shape index (κ3) is 5.38. The summed E-state index contributed by atoms with van der Waals surface area (Å²) >= 11 is 0. The van der Waals surface area contributed by atoms with Gasteiger partial charge < -0.3 is 19.9 Å². The zero-order valence-electron chi connectivity index (χ0n) is 10.9. The second-order valence-corrected chi connectivity index (χ2v) is 3.88. The standard InChI is InChI=1S/C13H15NO6/c1-19-13(18)14-10(7-11(15)16)12(17)20-8-9-5-3-2-4-6-9/h2-6,10H,7-8H2,1H3,(H,14,18)(H,15,16)/t10-/m0/s1. The van der Waals surface area contributed by atoms with Crippen molar-refractivity contribution in [2.24, 2.45) is 0 Å². The van der Waals surface area contributed by atoms with E-state index in [1.54, 1.807) is 24.3 Å². The molecule has 0 fully saturated rings. The Morgan fingerprint density at radius 1 is 1.25 bits per heavy atom. The summed E-state index contributed by atoms with van der Waals surface area (Å²) < 4.78 is 9.29. The molecule has 1 aromatic rings. The third-order valence-electron chi connectivity index (χ3n) is 2.36. The minimum atomic E-state index is -1.29. The molecule has 108 valence electrons. The quantitative estimate of drug-likeness (QED) is 0.752. The predicted octanol–water partition coefficient (Wildman–Crippen LogP) is 0.929. The van der Waals surface area contributed by atoms with Gasteiger partial charge in [-0.15, -0.1) is 0 Å². The number of amides is 1. The summed E-state index contributed by atoms with van der Waals surface area (Å²) in [5.41, 5.74) is 0.757. The SMILES string of the molecule is COC(=O)N[C@@H](CC(=O)O)C(=O)OCc1ccccc1. The van der Waals surface area contributed by atoms with Gasteiger partial charge in [0.25, 0.3) is 0 Å². The fraction of sp³-hybridized carbons (Fsp3) is 0.308. The van der Waals surface area contributed by atoms with E-state index in [2.05, 4.69) is 10.1 Å². The molecule has 0 aliphatic carbocycles. The Morgan fingerprint density at radius 3 is 2.45 bits per heavy atom. The van der Waals surface area contributed by atoms with E-state index >= 15 is 0 Å². The van der Waals surface area contributed by atoms with E-state index in [0.717, 1.165) is 12.7 Å². The fourth-order valence-electron chi connectivity index (χ4n) is 1.40. The molecule has 0 spiro atoms. The fourth-order valence-corrected chi connectivity index (χ4v) is 1.40. The molecule has 0 bridgehead atoms. The maximum Gasteiger partial charge on any atom is 0.407 e. The number of aliphatic carboxylic acids is 1. The summed E-state index contributed by atoms with van der Waals surface area (Å²) in [5, 5.41) is 10.8. The Labute approximate surface area is 115 Å². The largest absolute Gasteiger partial charge is 0.481 e. The van der Waals surface area contributed by atoms with Crippen LogP contribution in [0.15, 0.2) is 30.3 Å². The second-order valence-electron chi connectivity index (χ2n) is 3.88. The zero-order valence-corrected chi connectivity index (χ0v) is 10.9. The van der Waals surface area contributed by atoms with Crippen LogP contribution < -0.4 is 5.32 Å². The van der Waals surface area contributed by atoms with Crippen molar-refractivity contribution in [3.8, 4) is 0 Å². The summed E-state index contributed by atoms with van der Waals surface area (Å²) in [6, 6.07) is 7.61. The number of hydrogen-bond acceptors (Lipinski definition) is 5. The molecular formula is C13H15NO6. The number of esters is 1. The highest BCUT2D eigenvalue weighted by Crippen LogP contribution is 2.04. The number of hydrogen-bond donors (Lipinski definition) is 2. The molecular weight excluding hydrogens is 266 g/mol. The van der Waals surface area contributed by atoms with E-state index in [4.69, 9.17) is 9.84 Å². The molecule has 0 radical (unpaired) electrons. The number of benzene rings is 1. The lowest BCUT2D eigenvalue weighted by Crippen LogP contribution is -2.43. The van der Waals surface area contributed by atoms with E-state index in [0.29, 0.717) is 0 Å². The number of carbonyl (C=O) groups excluding carboxylic acids is 2. The van der Waals surface area contributed by atoms with Crippen LogP contribution in [0.4, 0.5) is 4.79 Å². The first-order chi connectivity index (χ1) is 9.52. The van der Waals surface area contributed by atoms with Crippen molar-refractivity contribution in [1.82, 2.24) is 5.32 Å². The van der Waals surface area contributed by atoms with Crippen molar-refractivity contribution in [1.29, 1.82) is 0 Å². The number of nitrogens with one attached hydrogen (secondary N) is 1. The van der Waals surface area contributed by atoms with Gasteiger partial charge in [0, 0.05) is 0 Å². The van der Waals surface area contributed by atoms with Gasteiger partial charge in [0.1, 0.15) is 12.6 Å². The third-order valence-corrected chi connectivity index (χ3v) is 2.36. The molecule has 1 rings (SSSR count). The van der Waals surface area contributed by atoms with E-state index < -0.39 is 30.5 Å². The highest BCUT2D eigenvalue weighted by Gasteiger charge is 2.25. The van der Waals surface area contributed by atoms with E-state index in [-0.39, 0.29) is 6.61 Å². The Balaban J connectivity index is 2.58. The van der Waals surface area contributed by atoms with Gasteiger partial charge in [0.2, 0.25) is 0 Å². The van der Waals surface area contributed by atoms with E-state index in [9.17, 15) is 14.4 Å². The average molecular weight is 281 g/mol. The summed E-state index contributed by atoms with van der Waals surface area (Å²) in [6.45, 7) is -0.00134. The lowest BCUT2D eigenvalue weighted by molar-refractivity contribution is -0.151. The lowest BCUT2D eigenvalue weighted by Gasteiger charge is -2.15. The first-order valence-electron chi connectivity index (χ1n) is 5.79. The minimum Gasteiger partial charge on any atom is -0.481 e. The van der Waals surface area contributed by atoms with Crippen LogP contribution in [0.5, 0.6) is 0 Å². The van der Waals surface area contributed by atoms with Crippen LogP contribution in [0, 0.1) is 0 Å². The highest BCUT2D eigenvalue weighted by molar-refractivity contribution is 5.85. The number of carboxylic acids is 1. The van der Waals surface area contributed by atoms with E-state index in [1.807, 2.05) is 6.07 Å². The molecule has 0 aromatic heterocycles. The molecule has 0 heterocycles. The Bertz CT molecular complexity index is 473. The van der Waals surface area contributed by atoms with Gasteiger partial charge in [-0.25, -0.2) is 9.59 Å². The molecule has 7 nitrogen and oxygen atoms in total. The maximum atomic E-state index is 11.7. The number of methoxy groups -OCH3 is 1. The van der Waals surface area contributed by atoms with Crippen molar-refractivity contribution in [3.63, 3.8) is 0 Å². The van der Waals surface area contributed by atoms with Crippen LogP contribution >= 0.6 is 0 Å². The molecule has 1 aromatic carbocycles. The number of carbonyl (C=O) groups is 3. The topological polar surface area (TPSA) is 102 Å². The normalized spacial score (nSPS) is 11.2. The Morgan fingerprint density at radius 2 is 1.90 bits per heavy atom. The molecule has 0 unspecified atom stereocenters. The van der Waals surface area contributed by atoms with Crippen LogP contribution in [-0.2, 0) is 25.7 Å². The van der Waals surface area contributed by atoms with Gasteiger partial charge in [-0.2, -0.15) is 0 Å². The highest BCUT2D eigenvalue weighted by atomic mass is 16.5. The average Bonchev–Trinajstić information content (AvgIpc) is 2.44. The molecule has 1 atom stereocenters. The second kappa shape index (κ2) is 7.78. The molecule has 0 aliphatic rings. The molecule has 2 N–H and O–H groups in total. The van der Waals surface area contributed by atoms with Gasteiger partial charge in [0.15, 0.2) is 0 Å². The smallest absolute Gasteiger partial charge is 0.407 e. The number of rotatable bonds is 6. The lowest BCUT2D eigenvalue weighted by atomic mass is 10.2. The molecule has 0 saturated heterocycles. The molecule has 0 aliphatic heterocycles. The summed E-state index contributed by atoms with van der Waals surface area (Å²) in [4.78, 5) is 33.5. The molecule has 7 heteroatoms. The van der Waals surface area contributed by atoms with Crippen molar-refractivity contribution >= 4 is 18.0 Å². The van der Waals surface area contributed by atoms with Crippen LogP contribution in [-0.4, -0.2) is 36.3 Å². The number of ether oxygens (including phenoxy) is 2. The maximum absolute atomic E-state index is 11.7. The van der Waals surface area contributed by atoms with Crippen molar-refractivity contribution in [2.75, 3.05) is 7.11 Å². The Kier molecular flexibility index (Phi) is 6.02. The van der Waals surface area contributed by atoms with E-state index in [1.165, 1.54) is 0 Å². The minimum absolute atomic E-state index is 0.00134. The van der Waals surface area contributed by atoms with Gasteiger partial charge in [-0.3, -0.25) is 4.79 Å². The van der Waals surface area contributed by atoms with Crippen molar-refractivity contribution in [3.05, 3.63) is 35.9 Å². The summed E-state index contributed by atoms with van der Waals surface area (Å²) in [6.07, 6.45) is -1.48. The molecule has 1 amide bonds. The summed E-state index contributed by atoms with van der Waals surface area (Å²) in [5.74, 6) is -2.07. The zero-order chi connectivity index (χ0) is 15.0. The van der Waals surface area contributed by atoms with Crippen LogP contribution in [0.25, 0.3) is 0 Å². The van der Waals surface area contributed by atoms with Gasteiger partial charge >= 0.3 is 18.0 Å². The van der Waals surface area contributed by atoms with Crippen LogP contribution in [0.3, 0.4) is 0 Å². The first kappa shape index (κ1) is 15.5. The summed E-state index contributed by atoms with van der Waals surface area (Å²) in [7, 11) is 1.11. The van der Waals surface area contributed by atoms with Gasteiger partial charge in [-0.05, 0) is 5.56 Å². The Hall–Kier alpha value is -2.57. The first-order valence-corrected chi connectivity index (χ1v) is 5.79.